The van der Waals surface area contributed by atoms with E-state index in [1.54, 1.807) is 6.92 Å². The Bertz CT molecular complexity index is 1360. The van der Waals surface area contributed by atoms with Crippen LogP contribution in [0.1, 0.15) is 19.8 Å². The van der Waals surface area contributed by atoms with E-state index in [-0.39, 0.29) is 34.4 Å². The number of benzene rings is 2. The summed E-state index contributed by atoms with van der Waals surface area (Å²) in [5.74, 6) is -1.03. The highest BCUT2D eigenvalue weighted by atomic mass is 32.2. The maximum atomic E-state index is 14.1. The van der Waals surface area contributed by atoms with Crippen molar-refractivity contribution in [2.75, 3.05) is 22.8 Å². The van der Waals surface area contributed by atoms with E-state index in [2.05, 4.69) is 5.32 Å². The first-order valence-electron chi connectivity index (χ1n) is 10.7. The lowest BCUT2D eigenvalue weighted by Gasteiger charge is -2.37. The zero-order valence-corrected chi connectivity index (χ0v) is 20.2. The number of carbonyl (C=O) groups is 1. The average Bonchev–Trinajstić information content (AvgIpc) is 3.65. The molecule has 0 aromatic heterocycles. The van der Waals surface area contributed by atoms with Crippen molar-refractivity contribution in [3.05, 3.63) is 42.2 Å². The first-order valence-corrected chi connectivity index (χ1v) is 13.7. The highest BCUT2D eigenvalue weighted by Gasteiger charge is 2.47. The summed E-state index contributed by atoms with van der Waals surface area (Å²) < 4.78 is 78.8. The van der Waals surface area contributed by atoms with Crippen molar-refractivity contribution < 1.29 is 40.6 Å². The second-order valence-corrected chi connectivity index (χ2v) is 12.3. The Hall–Kier alpha value is -3.10. The number of hydrogen-bond acceptors (Lipinski definition) is 8. The number of nitrogens with zero attached hydrogens (tertiary/aromatic N) is 1. The first kappa shape index (κ1) is 25.0. The fourth-order valence-corrected chi connectivity index (χ4v) is 7.04. The third-order valence-corrected chi connectivity index (χ3v) is 9.87. The fraction of sp³-hybridized carbons (Fsp3) is 0.381. The second-order valence-electron chi connectivity index (χ2n) is 8.08. The highest BCUT2D eigenvalue weighted by Crippen LogP contribution is 2.41. The molecule has 1 fully saturated rings. The van der Waals surface area contributed by atoms with Gasteiger partial charge in [-0.05, 0) is 50.1 Å². The summed E-state index contributed by atoms with van der Waals surface area (Å²) in [7, 11) is -8.19. The van der Waals surface area contributed by atoms with Gasteiger partial charge in [0.25, 0.3) is 10.0 Å². The number of fused-ring (bicyclic) bond motifs is 1. The summed E-state index contributed by atoms with van der Waals surface area (Å²) in [6.07, 6.45) is -1.66. The summed E-state index contributed by atoms with van der Waals surface area (Å²) in [6, 6.07) is 6.93. The van der Waals surface area contributed by atoms with E-state index in [1.807, 2.05) is 0 Å². The molecular weight excluding hydrogens is 505 g/mol. The number of amides is 1. The van der Waals surface area contributed by atoms with Crippen LogP contribution < -0.4 is 24.8 Å². The van der Waals surface area contributed by atoms with Gasteiger partial charge in [0.2, 0.25) is 0 Å². The summed E-state index contributed by atoms with van der Waals surface area (Å²) in [5.41, 5.74) is 6.08. The smallest absolute Gasteiger partial charge is 0.409 e. The SMILES string of the molecule is CCOc1cc(S(=O)(=O)N2CC(C(N)S(=O)(=O)C3CC3)Oc3ccc(NC(=O)O)cc32)ccc1F. The van der Waals surface area contributed by atoms with Gasteiger partial charge in [-0.1, -0.05) is 0 Å². The zero-order valence-electron chi connectivity index (χ0n) is 18.5. The summed E-state index contributed by atoms with van der Waals surface area (Å²) in [4.78, 5) is 10.8. The van der Waals surface area contributed by atoms with E-state index in [0.29, 0.717) is 12.8 Å². The summed E-state index contributed by atoms with van der Waals surface area (Å²) >= 11 is 0. The van der Waals surface area contributed by atoms with Crippen LogP contribution in [-0.4, -0.2) is 57.9 Å². The largest absolute Gasteiger partial charge is 0.491 e. The van der Waals surface area contributed by atoms with Crippen LogP contribution >= 0.6 is 0 Å². The van der Waals surface area contributed by atoms with Gasteiger partial charge in [0, 0.05) is 11.8 Å². The van der Waals surface area contributed by atoms with Crippen LogP contribution in [0, 0.1) is 5.82 Å². The van der Waals surface area contributed by atoms with Gasteiger partial charge in [-0.15, -0.1) is 0 Å². The van der Waals surface area contributed by atoms with Gasteiger partial charge in [0.15, 0.2) is 21.4 Å². The Labute approximate surface area is 201 Å². The number of sulfone groups is 1. The van der Waals surface area contributed by atoms with Crippen LogP contribution in [0.15, 0.2) is 41.3 Å². The Morgan fingerprint density at radius 2 is 1.97 bits per heavy atom. The summed E-state index contributed by atoms with van der Waals surface area (Å²) in [6.45, 7) is 1.24. The predicted molar refractivity (Wildman–Crippen MR) is 125 cm³/mol. The number of hydrogen-bond donors (Lipinski definition) is 3. The molecule has 2 aliphatic rings. The van der Waals surface area contributed by atoms with Crippen LogP contribution in [0.25, 0.3) is 0 Å². The molecule has 2 aromatic rings. The van der Waals surface area contributed by atoms with Crippen molar-refractivity contribution in [2.24, 2.45) is 5.73 Å². The minimum Gasteiger partial charge on any atom is -0.491 e. The van der Waals surface area contributed by atoms with Gasteiger partial charge >= 0.3 is 6.09 Å². The van der Waals surface area contributed by atoms with Crippen LogP contribution in [0.2, 0.25) is 0 Å². The maximum Gasteiger partial charge on any atom is 0.409 e. The van der Waals surface area contributed by atoms with Crippen molar-refractivity contribution in [3.8, 4) is 11.5 Å². The van der Waals surface area contributed by atoms with Gasteiger partial charge in [0.1, 0.15) is 17.2 Å². The number of halogens is 1. The molecule has 1 saturated carbocycles. The average molecular weight is 530 g/mol. The van der Waals surface area contributed by atoms with Gasteiger partial charge in [-0.2, -0.15) is 0 Å². The topological polar surface area (TPSA) is 165 Å². The lowest BCUT2D eigenvalue weighted by atomic mass is 10.2. The van der Waals surface area contributed by atoms with Crippen LogP contribution in [0.3, 0.4) is 0 Å². The zero-order chi connectivity index (χ0) is 25.5. The van der Waals surface area contributed by atoms with Crippen LogP contribution in [-0.2, 0) is 19.9 Å². The highest BCUT2D eigenvalue weighted by molar-refractivity contribution is 7.93. The number of carboxylic acid groups (broad SMARTS) is 1. The normalized spacial score (nSPS) is 18.8. The lowest BCUT2D eigenvalue weighted by molar-refractivity contribution is 0.194. The van der Waals surface area contributed by atoms with Gasteiger partial charge in [-0.25, -0.2) is 26.0 Å². The summed E-state index contributed by atoms with van der Waals surface area (Å²) in [5, 5.41) is 9.08. The molecule has 0 radical (unpaired) electrons. The van der Waals surface area contributed by atoms with Crippen LogP contribution in [0.5, 0.6) is 11.5 Å². The Balaban J connectivity index is 1.80. The van der Waals surface area contributed by atoms with E-state index in [9.17, 15) is 26.0 Å². The Morgan fingerprint density at radius 1 is 1.26 bits per heavy atom. The molecule has 1 amide bonds. The standard InChI is InChI=1S/C21H24FN3O8S2/c1-2-32-18-10-14(6-7-15(18)22)35(30,31)25-11-19(20(23)34(28,29)13-4-5-13)33-17-8-3-12(9-16(17)25)24-21(26)27/h3,6-10,13,19-20,24H,2,4-5,11,23H2,1H3,(H,26,27). The monoisotopic (exact) mass is 529 g/mol. The number of ether oxygens (including phenoxy) is 2. The molecule has 0 bridgehead atoms. The quantitative estimate of drug-likeness (QED) is 0.464. The third-order valence-electron chi connectivity index (χ3n) is 5.63. The Morgan fingerprint density at radius 3 is 2.60 bits per heavy atom. The molecule has 1 aliphatic heterocycles. The van der Waals surface area contributed by atoms with Gasteiger partial charge < -0.3 is 20.3 Å². The molecule has 2 aromatic carbocycles. The first-order chi connectivity index (χ1) is 16.4. The molecule has 4 rings (SSSR count). The lowest BCUT2D eigenvalue weighted by Crippen LogP contribution is -2.55. The van der Waals surface area contributed by atoms with E-state index in [0.717, 1.165) is 22.5 Å². The number of nitrogens with two attached hydrogens (primary N) is 1. The third kappa shape index (κ3) is 4.86. The second kappa shape index (κ2) is 9.17. The molecule has 190 valence electrons. The predicted octanol–water partition coefficient (Wildman–Crippen LogP) is 2.13. The molecule has 0 saturated heterocycles. The van der Waals surface area contributed by atoms with Gasteiger partial charge in [0.05, 0.1) is 29.0 Å². The fourth-order valence-electron chi connectivity index (χ4n) is 3.74. The number of anilines is 2. The number of nitrogens with one attached hydrogen (secondary N) is 1. The van der Waals surface area contributed by atoms with Gasteiger partial charge in [-0.3, -0.25) is 9.62 Å². The van der Waals surface area contributed by atoms with Crippen molar-refractivity contribution in [2.45, 2.75) is 41.4 Å². The minimum absolute atomic E-state index is 0.00523. The minimum atomic E-state index is -4.41. The van der Waals surface area contributed by atoms with Crippen molar-refractivity contribution in [3.63, 3.8) is 0 Å². The van der Waals surface area contributed by atoms with Crippen molar-refractivity contribution in [1.29, 1.82) is 0 Å². The van der Waals surface area contributed by atoms with E-state index in [4.69, 9.17) is 20.3 Å². The van der Waals surface area contributed by atoms with Crippen molar-refractivity contribution >= 4 is 37.3 Å². The van der Waals surface area contributed by atoms with Crippen molar-refractivity contribution in [1.82, 2.24) is 0 Å². The van der Waals surface area contributed by atoms with E-state index in [1.165, 1.54) is 18.2 Å². The molecule has 4 N–H and O–H groups in total. The van der Waals surface area contributed by atoms with E-state index >= 15 is 0 Å². The number of sulfonamides is 1. The van der Waals surface area contributed by atoms with Crippen LogP contribution in [0.4, 0.5) is 20.6 Å². The molecule has 1 aliphatic carbocycles. The molecule has 35 heavy (non-hydrogen) atoms. The molecule has 14 heteroatoms. The Kier molecular flexibility index (Phi) is 6.55. The molecule has 2 unspecified atom stereocenters. The molecule has 2 atom stereocenters. The number of rotatable bonds is 8. The maximum absolute atomic E-state index is 14.1. The molecule has 11 nitrogen and oxygen atoms in total. The molecule has 1 heterocycles. The van der Waals surface area contributed by atoms with E-state index < -0.39 is 55.0 Å². The molecular formula is C21H24FN3O8S2. The molecule has 0 spiro atoms.